The monoisotopic (exact) mass is 277 g/mol. The number of nitrogens with one attached hydrogen (secondary N) is 1. The first-order valence-corrected chi connectivity index (χ1v) is 7.24. The number of nitrogens with zero attached hydrogens (tertiary/aromatic N) is 2. The van der Waals surface area contributed by atoms with Crippen LogP contribution in [0.15, 0.2) is 18.2 Å². The summed E-state index contributed by atoms with van der Waals surface area (Å²) in [7, 11) is 2.09. The fourth-order valence-electron chi connectivity index (χ4n) is 2.54. The van der Waals surface area contributed by atoms with Crippen LogP contribution in [0.5, 0.6) is 0 Å². The number of nitro groups is 1. The maximum atomic E-state index is 10.9. The fourth-order valence-corrected chi connectivity index (χ4v) is 2.54. The van der Waals surface area contributed by atoms with Gasteiger partial charge in [0.05, 0.1) is 4.92 Å². The van der Waals surface area contributed by atoms with E-state index in [4.69, 9.17) is 0 Å². The number of anilines is 1. The van der Waals surface area contributed by atoms with Crippen LogP contribution in [0.3, 0.4) is 0 Å². The van der Waals surface area contributed by atoms with Crippen molar-refractivity contribution in [2.24, 2.45) is 5.92 Å². The number of nitro benzene ring substituents is 1. The molecule has 1 unspecified atom stereocenters. The normalized spacial score (nSPS) is 16.2. The Bertz CT molecular complexity index is 486. The lowest BCUT2D eigenvalue weighted by Gasteiger charge is -2.25. The average Bonchev–Trinajstić information content (AvgIpc) is 3.24. The van der Waals surface area contributed by atoms with Crippen molar-refractivity contribution in [1.29, 1.82) is 0 Å². The van der Waals surface area contributed by atoms with Gasteiger partial charge in [-0.15, -0.1) is 0 Å². The fraction of sp³-hybridized carbons (Fsp3) is 0.600. The molecule has 1 atom stereocenters. The van der Waals surface area contributed by atoms with Crippen LogP contribution in [-0.2, 0) is 6.54 Å². The zero-order chi connectivity index (χ0) is 14.7. The molecule has 5 nitrogen and oxygen atoms in total. The Labute approximate surface area is 120 Å². The first kappa shape index (κ1) is 14.8. The van der Waals surface area contributed by atoms with E-state index in [1.807, 2.05) is 13.0 Å². The minimum Gasteiger partial charge on any atom is -0.385 e. The molecule has 0 aliphatic heterocycles. The quantitative estimate of drug-likeness (QED) is 0.614. The highest BCUT2D eigenvalue weighted by Gasteiger charge is 2.30. The van der Waals surface area contributed by atoms with E-state index in [1.54, 1.807) is 12.1 Å². The molecule has 20 heavy (non-hydrogen) atoms. The Morgan fingerprint density at radius 3 is 2.75 bits per heavy atom. The van der Waals surface area contributed by atoms with Crippen molar-refractivity contribution in [3.63, 3.8) is 0 Å². The second kappa shape index (κ2) is 6.22. The number of non-ortho nitro benzene ring substituents is 1. The number of rotatable bonds is 7. The molecule has 0 bridgehead atoms. The van der Waals surface area contributed by atoms with Crippen molar-refractivity contribution in [2.45, 2.75) is 39.3 Å². The SMILES string of the molecule is CCNc1ccc([N+](=O)[O-])cc1CN(C)C(C)C1CC1. The maximum Gasteiger partial charge on any atom is 0.269 e. The first-order valence-electron chi connectivity index (χ1n) is 7.24. The molecule has 1 N–H and O–H groups in total. The highest BCUT2D eigenvalue weighted by molar-refractivity contribution is 5.56. The molecule has 110 valence electrons. The predicted octanol–water partition coefficient (Wildman–Crippen LogP) is 3.26. The van der Waals surface area contributed by atoms with Gasteiger partial charge in [0.25, 0.3) is 5.69 Å². The standard InChI is InChI=1S/C15H23N3O2/c1-4-16-15-8-7-14(18(19)20)9-13(15)10-17(3)11(2)12-5-6-12/h7-9,11-12,16H,4-6,10H2,1-3H3. The van der Waals surface area contributed by atoms with Gasteiger partial charge in [-0.25, -0.2) is 0 Å². The highest BCUT2D eigenvalue weighted by atomic mass is 16.6. The highest BCUT2D eigenvalue weighted by Crippen LogP contribution is 2.35. The van der Waals surface area contributed by atoms with Crippen LogP contribution in [0.1, 0.15) is 32.3 Å². The van der Waals surface area contributed by atoms with Gasteiger partial charge in [-0.3, -0.25) is 15.0 Å². The molecule has 1 aliphatic carbocycles. The van der Waals surface area contributed by atoms with Crippen molar-refractivity contribution < 1.29 is 4.92 Å². The van der Waals surface area contributed by atoms with Gasteiger partial charge in [-0.05, 0) is 51.3 Å². The Balaban J connectivity index is 2.17. The minimum absolute atomic E-state index is 0.161. The van der Waals surface area contributed by atoms with Gasteiger partial charge in [-0.1, -0.05) is 0 Å². The van der Waals surface area contributed by atoms with E-state index in [9.17, 15) is 10.1 Å². The van der Waals surface area contributed by atoms with Crippen LogP contribution in [-0.4, -0.2) is 29.5 Å². The van der Waals surface area contributed by atoms with Crippen LogP contribution in [0.2, 0.25) is 0 Å². The molecule has 0 aromatic heterocycles. The van der Waals surface area contributed by atoms with Crippen LogP contribution in [0.25, 0.3) is 0 Å². The van der Waals surface area contributed by atoms with E-state index >= 15 is 0 Å². The molecule has 0 saturated heterocycles. The van der Waals surface area contributed by atoms with Gasteiger partial charge in [0, 0.05) is 37.0 Å². The van der Waals surface area contributed by atoms with Crippen LogP contribution in [0, 0.1) is 16.0 Å². The molecule has 1 aliphatic rings. The summed E-state index contributed by atoms with van der Waals surface area (Å²) in [5.74, 6) is 0.793. The molecule has 0 amide bonds. The Morgan fingerprint density at radius 2 is 2.20 bits per heavy atom. The lowest BCUT2D eigenvalue weighted by atomic mass is 10.1. The lowest BCUT2D eigenvalue weighted by Crippen LogP contribution is -2.30. The molecule has 1 saturated carbocycles. The summed E-state index contributed by atoms with van der Waals surface area (Å²) in [5, 5.41) is 14.2. The lowest BCUT2D eigenvalue weighted by molar-refractivity contribution is -0.384. The third-order valence-electron chi connectivity index (χ3n) is 4.09. The molecule has 1 fully saturated rings. The van der Waals surface area contributed by atoms with Crippen LogP contribution < -0.4 is 5.32 Å². The smallest absolute Gasteiger partial charge is 0.269 e. The number of hydrogen-bond donors (Lipinski definition) is 1. The zero-order valence-corrected chi connectivity index (χ0v) is 12.4. The summed E-state index contributed by atoms with van der Waals surface area (Å²) in [4.78, 5) is 12.9. The Kier molecular flexibility index (Phi) is 4.60. The van der Waals surface area contributed by atoms with E-state index in [2.05, 4.69) is 24.2 Å². The molecule has 0 spiro atoms. The van der Waals surface area contributed by atoms with Crippen LogP contribution in [0.4, 0.5) is 11.4 Å². The summed E-state index contributed by atoms with van der Waals surface area (Å²) in [6.45, 7) is 5.82. The Hall–Kier alpha value is -1.62. The van der Waals surface area contributed by atoms with Crippen molar-refractivity contribution in [2.75, 3.05) is 18.9 Å². The summed E-state index contributed by atoms with van der Waals surface area (Å²) in [5.41, 5.74) is 2.15. The average molecular weight is 277 g/mol. The van der Waals surface area contributed by atoms with Gasteiger partial charge < -0.3 is 5.32 Å². The van der Waals surface area contributed by atoms with E-state index in [1.165, 1.54) is 12.8 Å². The van der Waals surface area contributed by atoms with Crippen LogP contribution >= 0.6 is 0 Å². The summed E-state index contributed by atoms with van der Waals surface area (Å²) in [6.07, 6.45) is 2.61. The Morgan fingerprint density at radius 1 is 1.50 bits per heavy atom. The largest absolute Gasteiger partial charge is 0.385 e. The maximum absolute atomic E-state index is 10.9. The van der Waals surface area contributed by atoms with Gasteiger partial charge >= 0.3 is 0 Å². The van der Waals surface area contributed by atoms with Crippen molar-refractivity contribution in [3.05, 3.63) is 33.9 Å². The van der Waals surface area contributed by atoms with Crippen molar-refractivity contribution >= 4 is 11.4 Å². The minimum atomic E-state index is -0.330. The molecule has 5 heteroatoms. The summed E-state index contributed by atoms with van der Waals surface area (Å²) >= 11 is 0. The van der Waals surface area contributed by atoms with E-state index in [0.29, 0.717) is 6.04 Å². The molecule has 0 heterocycles. The molecule has 1 aromatic carbocycles. The molecule has 1 aromatic rings. The van der Waals surface area contributed by atoms with E-state index in [-0.39, 0.29) is 10.6 Å². The summed E-state index contributed by atoms with van der Waals surface area (Å²) in [6, 6.07) is 5.59. The molecule has 0 radical (unpaired) electrons. The third-order valence-corrected chi connectivity index (χ3v) is 4.09. The first-order chi connectivity index (χ1) is 9.52. The van der Waals surface area contributed by atoms with E-state index < -0.39 is 0 Å². The van der Waals surface area contributed by atoms with Gasteiger partial charge in [0.15, 0.2) is 0 Å². The second-order valence-corrected chi connectivity index (χ2v) is 5.62. The van der Waals surface area contributed by atoms with Gasteiger partial charge in [0.2, 0.25) is 0 Å². The van der Waals surface area contributed by atoms with Crippen molar-refractivity contribution in [3.8, 4) is 0 Å². The number of hydrogen-bond acceptors (Lipinski definition) is 4. The van der Waals surface area contributed by atoms with E-state index in [0.717, 1.165) is 30.3 Å². The van der Waals surface area contributed by atoms with Gasteiger partial charge in [-0.2, -0.15) is 0 Å². The summed E-state index contributed by atoms with van der Waals surface area (Å²) < 4.78 is 0. The zero-order valence-electron chi connectivity index (χ0n) is 12.4. The third kappa shape index (κ3) is 3.48. The second-order valence-electron chi connectivity index (χ2n) is 5.62. The molecular formula is C15H23N3O2. The molecular weight excluding hydrogens is 254 g/mol. The predicted molar refractivity (Wildman–Crippen MR) is 80.9 cm³/mol. The van der Waals surface area contributed by atoms with Crippen molar-refractivity contribution in [1.82, 2.24) is 4.90 Å². The number of benzene rings is 1. The molecule has 2 rings (SSSR count). The van der Waals surface area contributed by atoms with Gasteiger partial charge in [0.1, 0.15) is 0 Å². The topological polar surface area (TPSA) is 58.4 Å².